The number of aromatic nitrogens is 4. The van der Waals surface area contributed by atoms with Crippen LogP contribution in [0.15, 0.2) is 63.3 Å². The second-order valence-corrected chi connectivity index (χ2v) is 6.18. The van der Waals surface area contributed by atoms with E-state index in [1.165, 1.54) is 18.1 Å². The minimum absolute atomic E-state index is 0.288. The van der Waals surface area contributed by atoms with Crippen molar-refractivity contribution in [3.8, 4) is 0 Å². The first-order valence-corrected chi connectivity index (χ1v) is 7.88. The quantitative estimate of drug-likeness (QED) is 0.730. The van der Waals surface area contributed by atoms with Crippen molar-refractivity contribution in [2.24, 2.45) is 0 Å². The van der Waals surface area contributed by atoms with Gasteiger partial charge in [0, 0.05) is 15.6 Å². The summed E-state index contributed by atoms with van der Waals surface area (Å²) in [5, 5.41) is 9.55. The van der Waals surface area contributed by atoms with Gasteiger partial charge in [-0.25, -0.2) is 10.1 Å². The Kier molecular flexibility index (Phi) is 4.50. The van der Waals surface area contributed by atoms with Gasteiger partial charge >= 0.3 is 0 Å². The van der Waals surface area contributed by atoms with E-state index < -0.39 is 0 Å². The van der Waals surface area contributed by atoms with Gasteiger partial charge in [-0.2, -0.15) is 10.1 Å². The fourth-order valence-electron chi connectivity index (χ4n) is 1.70. The van der Waals surface area contributed by atoms with E-state index in [0.717, 1.165) is 9.37 Å². The lowest BCUT2D eigenvalue weighted by atomic mass is 10.3. The van der Waals surface area contributed by atoms with Crippen LogP contribution >= 0.6 is 27.7 Å². The van der Waals surface area contributed by atoms with Gasteiger partial charge in [0.2, 0.25) is 5.95 Å². The third-order valence-corrected chi connectivity index (χ3v) is 4.25. The lowest BCUT2D eigenvalue weighted by Gasteiger charge is -2.07. The molecule has 0 bridgehead atoms. The zero-order valence-electron chi connectivity index (χ0n) is 11.2. The summed E-state index contributed by atoms with van der Waals surface area (Å²) in [4.78, 5) is 21.5. The molecule has 2 N–H and O–H groups in total. The van der Waals surface area contributed by atoms with Crippen LogP contribution in [0.25, 0.3) is 0 Å². The number of amides is 1. The van der Waals surface area contributed by atoms with Crippen molar-refractivity contribution >= 4 is 39.5 Å². The van der Waals surface area contributed by atoms with Crippen LogP contribution in [0.1, 0.15) is 10.4 Å². The first-order chi connectivity index (χ1) is 10.7. The zero-order valence-corrected chi connectivity index (χ0v) is 13.6. The van der Waals surface area contributed by atoms with Gasteiger partial charge in [-0.15, -0.1) is 0 Å². The molecule has 0 fully saturated rings. The van der Waals surface area contributed by atoms with E-state index in [9.17, 15) is 4.79 Å². The molecule has 22 heavy (non-hydrogen) atoms. The average Bonchev–Trinajstić information content (AvgIpc) is 3.03. The number of hydrogen-bond donors (Lipinski definition) is 2. The van der Waals surface area contributed by atoms with Crippen LogP contribution in [0.3, 0.4) is 0 Å². The number of rotatable bonds is 4. The molecule has 0 unspecified atom stereocenters. The highest BCUT2D eigenvalue weighted by atomic mass is 79.9. The molecule has 110 valence electrons. The van der Waals surface area contributed by atoms with E-state index in [-0.39, 0.29) is 5.91 Å². The van der Waals surface area contributed by atoms with Crippen molar-refractivity contribution < 1.29 is 4.79 Å². The van der Waals surface area contributed by atoms with Gasteiger partial charge in [-0.1, -0.05) is 27.7 Å². The lowest BCUT2D eigenvalue weighted by Crippen LogP contribution is -2.14. The molecule has 1 amide bonds. The minimum atomic E-state index is -0.288. The molecular weight excluding hydrogens is 366 g/mol. The molecule has 0 spiro atoms. The van der Waals surface area contributed by atoms with E-state index in [1.54, 1.807) is 18.3 Å². The standard InChI is InChI=1S/C14H10BrN5OS/c15-9-3-5-10(6-4-9)22-13-11(2-1-7-16-13)12(21)19-14-17-8-18-20-14/h1-8H,(H2,17,18,19,20,21). The van der Waals surface area contributed by atoms with Gasteiger partial charge < -0.3 is 0 Å². The number of nitrogens with one attached hydrogen (secondary N) is 2. The predicted octanol–water partition coefficient (Wildman–Crippen LogP) is 3.37. The minimum Gasteiger partial charge on any atom is -0.291 e. The molecule has 0 saturated heterocycles. The van der Waals surface area contributed by atoms with Crippen molar-refractivity contribution in [2.75, 3.05) is 5.32 Å². The SMILES string of the molecule is O=C(Nc1ncn[nH]1)c1cccnc1Sc1ccc(Br)cc1. The van der Waals surface area contributed by atoms with E-state index in [1.807, 2.05) is 24.3 Å². The number of anilines is 1. The van der Waals surface area contributed by atoms with Crippen LogP contribution in [0.5, 0.6) is 0 Å². The Hall–Kier alpha value is -2.19. The van der Waals surface area contributed by atoms with Crippen LogP contribution in [0.4, 0.5) is 5.95 Å². The maximum Gasteiger partial charge on any atom is 0.260 e. The van der Waals surface area contributed by atoms with Crippen LogP contribution < -0.4 is 5.32 Å². The Bertz CT molecular complexity index is 776. The first kappa shape index (κ1) is 14.7. The van der Waals surface area contributed by atoms with Gasteiger partial charge in [-0.05, 0) is 36.4 Å². The molecule has 0 radical (unpaired) electrons. The summed E-state index contributed by atoms with van der Waals surface area (Å²) in [6.45, 7) is 0. The maximum atomic E-state index is 12.3. The summed E-state index contributed by atoms with van der Waals surface area (Å²) in [7, 11) is 0. The summed E-state index contributed by atoms with van der Waals surface area (Å²) < 4.78 is 1.00. The van der Waals surface area contributed by atoms with E-state index >= 15 is 0 Å². The number of aromatic amines is 1. The summed E-state index contributed by atoms with van der Waals surface area (Å²) in [5.74, 6) is 0.0120. The molecule has 0 aliphatic carbocycles. The largest absolute Gasteiger partial charge is 0.291 e. The highest BCUT2D eigenvalue weighted by Crippen LogP contribution is 2.29. The molecule has 2 aromatic heterocycles. The molecule has 6 nitrogen and oxygen atoms in total. The smallest absolute Gasteiger partial charge is 0.260 e. The maximum absolute atomic E-state index is 12.3. The van der Waals surface area contributed by atoms with E-state index in [0.29, 0.717) is 16.5 Å². The zero-order chi connectivity index (χ0) is 15.4. The Labute approximate surface area is 138 Å². The monoisotopic (exact) mass is 375 g/mol. The number of halogens is 1. The number of nitrogens with zero attached hydrogens (tertiary/aromatic N) is 3. The van der Waals surface area contributed by atoms with E-state index in [2.05, 4.69) is 41.4 Å². The summed E-state index contributed by atoms with van der Waals surface area (Å²) in [6, 6.07) is 11.3. The summed E-state index contributed by atoms with van der Waals surface area (Å²) in [6.07, 6.45) is 2.99. The van der Waals surface area contributed by atoms with Crippen LogP contribution in [-0.4, -0.2) is 26.1 Å². The molecule has 3 rings (SSSR count). The van der Waals surface area contributed by atoms with Gasteiger partial charge in [0.15, 0.2) is 0 Å². The fraction of sp³-hybridized carbons (Fsp3) is 0. The third-order valence-electron chi connectivity index (χ3n) is 2.69. The second kappa shape index (κ2) is 6.71. The normalized spacial score (nSPS) is 10.4. The number of pyridine rings is 1. The topological polar surface area (TPSA) is 83.6 Å². The number of hydrogen-bond acceptors (Lipinski definition) is 5. The molecule has 8 heteroatoms. The van der Waals surface area contributed by atoms with E-state index in [4.69, 9.17) is 0 Å². The average molecular weight is 376 g/mol. The molecular formula is C14H10BrN5OS. The van der Waals surface area contributed by atoms with Crippen LogP contribution in [-0.2, 0) is 0 Å². The van der Waals surface area contributed by atoms with Crippen molar-refractivity contribution in [2.45, 2.75) is 9.92 Å². The van der Waals surface area contributed by atoms with Crippen LogP contribution in [0.2, 0.25) is 0 Å². The lowest BCUT2D eigenvalue weighted by molar-refractivity contribution is 0.102. The Morgan fingerprint density at radius 3 is 2.73 bits per heavy atom. The second-order valence-electron chi connectivity index (χ2n) is 4.20. The molecule has 0 saturated carbocycles. The summed E-state index contributed by atoms with van der Waals surface area (Å²) >= 11 is 4.82. The number of H-pyrrole nitrogens is 1. The van der Waals surface area contributed by atoms with Gasteiger partial charge in [0.05, 0.1) is 5.56 Å². The Morgan fingerprint density at radius 1 is 1.18 bits per heavy atom. The molecule has 1 aromatic carbocycles. The third kappa shape index (κ3) is 3.52. The van der Waals surface area contributed by atoms with Gasteiger partial charge in [0.25, 0.3) is 5.91 Å². The van der Waals surface area contributed by atoms with Crippen molar-refractivity contribution in [1.29, 1.82) is 0 Å². The fourth-order valence-corrected chi connectivity index (χ4v) is 2.84. The summed E-state index contributed by atoms with van der Waals surface area (Å²) in [5.41, 5.74) is 0.479. The Balaban J connectivity index is 1.83. The van der Waals surface area contributed by atoms with Crippen molar-refractivity contribution in [1.82, 2.24) is 20.2 Å². The highest BCUT2D eigenvalue weighted by molar-refractivity contribution is 9.10. The highest BCUT2D eigenvalue weighted by Gasteiger charge is 2.14. The van der Waals surface area contributed by atoms with Gasteiger partial charge in [0.1, 0.15) is 11.4 Å². The van der Waals surface area contributed by atoms with Gasteiger partial charge in [-0.3, -0.25) is 10.1 Å². The predicted molar refractivity (Wildman–Crippen MR) is 86.8 cm³/mol. The van der Waals surface area contributed by atoms with Crippen molar-refractivity contribution in [3.05, 3.63) is 59.0 Å². The van der Waals surface area contributed by atoms with Crippen LogP contribution in [0, 0.1) is 0 Å². The molecule has 0 aliphatic rings. The molecule has 2 heterocycles. The molecule has 3 aromatic rings. The molecule has 0 aliphatic heterocycles. The number of carbonyl (C=O) groups is 1. The number of carbonyl (C=O) groups excluding carboxylic acids is 1. The Morgan fingerprint density at radius 2 is 2.00 bits per heavy atom. The van der Waals surface area contributed by atoms with Crippen molar-refractivity contribution in [3.63, 3.8) is 0 Å². The first-order valence-electron chi connectivity index (χ1n) is 6.27. The molecule has 0 atom stereocenters. The number of benzene rings is 1.